The lowest BCUT2D eigenvalue weighted by Gasteiger charge is -2.66. The molecule has 0 heterocycles. The van der Waals surface area contributed by atoms with E-state index in [0.29, 0.717) is 19.3 Å². The highest BCUT2D eigenvalue weighted by atomic mass is 16.6. The van der Waals surface area contributed by atoms with Crippen LogP contribution in [0.5, 0.6) is 0 Å². The van der Waals surface area contributed by atoms with Crippen molar-refractivity contribution in [3.8, 4) is 0 Å². The first-order valence-electron chi connectivity index (χ1n) is 7.41. The second-order valence-corrected chi connectivity index (χ2v) is 7.85. The van der Waals surface area contributed by atoms with Gasteiger partial charge in [-0.15, -0.1) is 0 Å². The number of rotatable bonds is 4. The van der Waals surface area contributed by atoms with Crippen molar-refractivity contribution in [1.29, 1.82) is 0 Å². The summed E-state index contributed by atoms with van der Waals surface area (Å²) in [5.74, 6) is -2.59. The summed E-state index contributed by atoms with van der Waals surface area (Å²) in [5.41, 5.74) is -3.69. The van der Waals surface area contributed by atoms with E-state index in [2.05, 4.69) is 6.58 Å². The average Bonchev–Trinajstić information content (AvgIpc) is 2.34. The maximum absolute atomic E-state index is 11.9. The van der Waals surface area contributed by atoms with Gasteiger partial charge in [-0.1, -0.05) is 13.5 Å². The van der Waals surface area contributed by atoms with Gasteiger partial charge >= 0.3 is 17.9 Å². The van der Waals surface area contributed by atoms with Crippen LogP contribution in [0.2, 0.25) is 0 Å². The Morgan fingerprint density at radius 2 is 1.45 bits per heavy atom. The molecule has 4 fully saturated rings. The maximum atomic E-state index is 11.9. The molecule has 4 rings (SSSR count). The summed E-state index contributed by atoms with van der Waals surface area (Å²) in [5, 5.41) is 19.5. The van der Waals surface area contributed by atoms with Crippen molar-refractivity contribution >= 4 is 17.9 Å². The quantitative estimate of drug-likeness (QED) is 0.608. The molecule has 0 radical (unpaired) electrons. The number of hydrogen-bond acceptors (Lipinski definition) is 4. The topological polar surface area (TPSA) is 101 Å². The largest absolute Gasteiger partial charge is 0.481 e. The summed E-state index contributed by atoms with van der Waals surface area (Å²) in [7, 11) is 0. The zero-order valence-corrected chi connectivity index (χ0v) is 12.6. The summed E-state index contributed by atoms with van der Waals surface area (Å²) in [6.07, 6.45) is 2.95. The van der Waals surface area contributed by atoms with Gasteiger partial charge in [0.05, 0.1) is 10.8 Å². The molecule has 0 saturated heterocycles. The zero-order chi connectivity index (χ0) is 16.4. The molecule has 0 aromatic carbocycles. The third-order valence-corrected chi connectivity index (χ3v) is 5.67. The minimum absolute atomic E-state index is 0.119. The molecule has 120 valence electrons. The van der Waals surface area contributed by atoms with Gasteiger partial charge in [0.2, 0.25) is 0 Å². The van der Waals surface area contributed by atoms with Crippen molar-refractivity contribution in [3.05, 3.63) is 12.7 Å². The van der Waals surface area contributed by atoms with Gasteiger partial charge in [-0.2, -0.15) is 0 Å². The van der Waals surface area contributed by atoms with Crippen LogP contribution in [-0.2, 0) is 19.1 Å². The van der Waals surface area contributed by atoms with Crippen LogP contribution >= 0.6 is 0 Å². The Bertz CT molecular complexity index is 561. The van der Waals surface area contributed by atoms with E-state index >= 15 is 0 Å². The minimum atomic E-state index is -1.12. The molecule has 4 bridgehead atoms. The molecule has 0 amide bonds. The van der Waals surface area contributed by atoms with E-state index in [0.717, 1.165) is 6.08 Å². The molecule has 2 unspecified atom stereocenters. The Balaban J connectivity index is 2.11. The summed E-state index contributed by atoms with van der Waals surface area (Å²) < 4.78 is 5.53. The third-order valence-electron chi connectivity index (χ3n) is 5.67. The lowest BCUT2D eigenvalue weighted by Crippen LogP contribution is -2.68. The summed E-state index contributed by atoms with van der Waals surface area (Å²) in [6, 6.07) is 0. The van der Waals surface area contributed by atoms with Crippen molar-refractivity contribution in [1.82, 2.24) is 0 Å². The van der Waals surface area contributed by atoms with Crippen molar-refractivity contribution in [2.75, 3.05) is 0 Å². The normalized spacial score (nSPS) is 45.3. The Morgan fingerprint density at radius 3 is 1.86 bits per heavy atom. The number of aliphatic carboxylic acids is 2. The van der Waals surface area contributed by atoms with Crippen molar-refractivity contribution in [2.24, 2.45) is 16.2 Å². The van der Waals surface area contributed by atoms with Crippen LogP contribution in [0.15, 0.2) is 12.7 Å². The smallest absolute Gasteiger partial charge is 0.330 e. The van der Waals surface area contributed by atoms with E-state index in [1.165, 1.54) is 0 Å². The van der Waals surface area contributed by atoms with E-state index in [1.54, 1.807) is 0 Å². The van der Waals surface area contributed by atoms with Gasteiger partial charge in [-0.25, -0.2) is 4.79 Å². The number of carbonyl (C=O) groups is 3. The zero-order valence-electron chi connectivity index (χ0n) is 12.6. The van der Waals surface area contributed by atoms with E-state index in [-0.39, 0.29) is 19.3 Å². The van der Waals surface area contributed by atoms with Gasteiger partial charge in [-0.3, -0.25) is 9.59 Å². The first kappa shape index (κ1) is 15.1. The van der Waals surface area contributed by atoms with Gasteiger partial charge in [0.25, 0.3) is 0 Å². The van der Waals surface area contributed by atoms with Crippen LogP contribution in [0, 0.1) is 16.2 Å². The Kier molecular flexibility index (Phi) is 2.82. The third kappa shape index (κ3) is 1.89. The van der Waals surface area contributed by atoms with Crippen LogP contribution in [0.3, 0.4) is 0 Å². The van der Waals surface area contributed by atoms with E-state index in [4.69, 9.17) is 4.74 Å². The molecule has 0 aliphatic heterocycles. The predicted molar refractivity (Wildman–Crippen MR) is 75.0 cm³/mol. The molecule has 6 nitrogen and oxygen atoms in total. The highest BCUT2D eigenvalue weighted by Gasteiger charge is 2.72. The molecule has 22 heavy (non-hydrogen) atoms. The van der Waals surface area contributed by atoms with Crippen LogP contribution in [0.4, 0.5) is 0 Å². The van der Waals surface area contributed by atoms with Crippen LogP contribution in [-0.4, -0.2) is 33.7 Å². The number of carbonyl (C=O) groups excluding carboxylic acids is 1. The van der Waals surface area contributed by atoms with Gasteiger partial charge < -0.3 is 14.9 Å². The van der Waals surface area contributed by atoms with Crippen LogP contribution in [0.25, 0.3) is 0 Å². The second kappa shape index (κ2) is 4.12. The number of ether oxygens (including phenoxy) is 1. The molecule has 0 aromatic heterocycles. The SMILES string of the molecule is C=CC(=O)OC12CC3(C)CC(C(=O)O)(C1)CC(C(=O)O)(C3)C2. The number of hydrogen-bond donors (Lipinski definition) is 2. The molecule has 4 saturated carbocycles. The second-order valence-electron chi connectivity index (χ2n) is 7.85. The molecule has 2 atom stereocenters. The first-order chi connectivity index (χ1) is 10.1. The Labute approximate surface area is 128 Å². The summed E-state index contributed by atoms with van der Waals surface area (Å²) in [6.45, 7) is 5.29. The van der Waals surface area contributed by atoms with Gasteiger partial charge in [0, 0.05) is 18.9 Å². The molecule has 6 heteroatoms. The molecule has 4 aliphatic carbocycles. The summed E-state index contributed by atoms with van der Waals surface area (Å²) in [4.78, 5) is 35.5. The monoisotopic (exact) mass is 308 g/mol. The van der Waals surface area contributed by atoms with Gasteiger partial charge in [0.1, 0.15) is 5.60 Å². The molecule has 2 N–H and O–H groups in total. The fraction of sp³-hybridized carbons (Fsp3) is 0.688. The fourth-order valence-electron chi connectivity index (χ4n) is 5.86. The van der Waals surface area contributed by atoms with Crippen molar-refractivity contribution in [3.63, 3.8) is 0 Å². The molecular weight excluding hydrogens is 288 g/mol. The number of carboxylic acids is 2. The summed E-state index contributed by atoms with van der Waals surface area (Å²) >= 11 is 0. The van der Waals surface area contributed by atoms with E-state index < -0.39 is 39.8 Å². The molecule has 0 spiro atoms. The fourth-order valence-corrected chi connectivity index (χ4v) is 5.86. The predicted octanol–water partition coefficient (Wildman–Crippen LogP) is 1.98. The Morgan fingerprint density at radius 1 is 0.955 bits per heavy atom. The van der Waals surface area contributed by atoms with E-state index in [9.17, 15) is 24.6 Å². The first-order valence-corrected chi connectivity index (χ1v) is 7.41. The van der Waals surface area contributed by atoms with Crippen molar-refractivity contribution < 1.29 is 29.3 Å². The lowest BCUT2D eigenvalue weighted by atomic mass is 9.38. The van der Waals surface area contributed by atoms with Crippen molar-refractivity contribution in [2.45, 2.75) is 51.0 Å². The Hall–Kier alpha value is -1.85. The standard InChI is InChI=1S/C16H20O6/c1-3-10(17)22-16-6-13(2)4-14(8-16,11(18)19)7-15(5-13,9-16)12(20)21/h3H,1,4-9H2,2H3,(H,18,19)(H,20,21). The minimum Gasteiger partial charge on any atom is -0.481 e. The number of carboxylic acid groups (broad SMARTS) is 2. The average molecular weight is 308 g/mol. The maximum Gasteiger partial charge on any atom is 0.330 e. The van der Waals surface area contributed by atoms with Gasteiger partial charge in [0.15, 0.2) is 0 Å². The highest BCUT2D eigenvalue weighted by Crippen LogP contribution is 2.71. The van der Waals surface area contributed by atoms with E-state index in [1.807, 2.05) is 6.92 Å². The van der Waals surface area contributed by atoms with Crippen LogP contribution in [0.1, 0.15) is 45.4 Å². The van der Waals surface area contributed by atoms with Gasteiger partial charge in [-0.05, 0) is 31.1 Å². The van der Waals surface area contributed by atoms with Crippen LogP contribution < -0.4 is 0 Å². The molecule has 4 aliphatic rings. The highest BCUT2D eigenvalue weighted by molar-refractivity contribution is 5.84. The molecule has 0 aromatic rings. The lowest BCUT2D eigenvalue weighted by molar-refractivity contribution is -0.246. The number of esters is 1. The molecular formula is C16H20O6.